The van der Waals surface area contributed by atoms with Crippen LogP contribution in [0.5, 0.6) is 0 Å². The molecular weight excluding hydrogens is 1890 g/mol. The van der Waals surface area contributed by atoms with E-state index in [-0.39, 0.29) is 89.5 Å². The summed E-state index contributed by atoms with van der Waals surface area (Å²) in [5, 5.41) is 16.8. The summed E-state index contributed by atoms with van der Waals surface area (Å²) in [4.78, 5) is 0. The van der Waals surface area contributed by atoms with E-state index in [9.17, 15) is 17.3 Å². The van der Waals surface area contributed by atoms with E-state index >= 15 is 0 Å². The fraction of sp³-hybridized carbons (Fsp3) is 0.0135. The maximum absolute atomic E-state index is 9.75. The number of rotatable bonds is 12. The van der Waals surface area contributed by atoms with E-state index in [1.807, 2.05) is 0 Å². The molecule has 0 saturated carbocycles. The Morgan fingerprint density at radius 1 is 0.184 bits per heavy atom. The van der Waals surface area contributed by atoms with E-state index in [2.05, 4.69) is 371 Å². The van der Waals surface area contributed by atoms with Gasteiger partial charge in [0, 0.05) is 44.8 Å². The third-order valence-electron chi connectivity index (χ3n) is 12.2. The van der Waals surface area contributed by atoms with Gasteiger partial charge in [-0.3, -0.25) is 0 Å². The molecule has 0 aliphatic carbocycles. The van der Waals surface area contributed by atoms with E-state index in [0.717, 1.165) is 0 Å². The zero-order valence-electron chi connectivity index (χ0n) is 47.4. The summed E-state index contributed by atoms with van der Waals surface area (Å²) in [5.74, 6) is 0. The first-order chi connectivity index (χ1) is 40.8. The van der Waals surface area contributed by atoms with Gasteiger partial charge in [-0.1, -0.05) is 364 Å². The van der Waals surface area contributed by atoms with Crippen LogP contribution in [0.3, 0.4) is 0 Å². The topological polar surface area (TPSA) is 0 Å². The second-order valence-electron chi connectivity index (χ2n) is 17.9. The van der Waals surface area contributed by atoms with Gasteiger partial charge in [-0.25, -0.2) is 0 Å². The van der Waals surface area contributed by atoms with Gasteiger partial charge in [0.05, 0.1) is 0 Å². The van der Waals surface area contributed by atoms with Gasteiger partial charge >= 0.3 is 52.0 Å². The molecule has 12 rings (SSSR count). The van der Waals surface area contributed by atoms with Crippen molar-refractivity contribution in [2.45, 2.75) is 6.92 Å². The largest absolute Gasteiger partial charge is 1.00 e. The van der Waals surface area contributed by atoms with E-state index in [0.29, 0.717) is 0 Å². The quantitative estimate of drug-likeness (QED) is 0.0495. The average Bonchev–Trinajstić information content (AvgIpc) is 3.68. The number of hydrogen-bond acceptors (Lipinski definition) is 0. The minimum absolute atomic E-state index is 0. The molecule has 0 saturated heterocycles. The van der Waals surface area contributed by atoms with Crippen LogP contribution in [0.25, 0.3) is 0 Å². The first kappa shape index (κ1) is 76.4. The maximum Gasteiger partial charge on any atom is 1.00 e. The number of halogens is 4. The average molecular weight is 1950 g/mol. The van der Waals surface area contributed by atoms with E-state index in [4.69, 9.17) is 0 Å². The molecule has 0 amide bonds. The molecule has 0 N–H and O–H groups in total. The summed E-state index contributed by atoms with van der Waals surface area (Å²) in [6.07, 6.45) is 0. The van der Waals surface area contributed by atoms with Gasteiger partial charge in [0.15, 0.2) is 0 Å². The van der Waals surface area contributed by atoms with Gasteiger partial charge < -0.3 is 24.2 Å². The van der Waals surface area contributed by atoms with Crippen LogP contribution in [0.2, 0.25) is 0 Å². The third kappa shape index (κ3) is 26.2. The molecule has 13 heteroatoms. The molecule has 0 atom stereocenters. The van der Waals surface area contributed by atoms with Gasteiger partial charge in [-0.05, 0) is 95.3 Å². The monoisotopic (exact) mass is 1950 g/mol. The molecule has 12 aromatic carbocycles. The van der Waals surface area contributed by atoms with Crippen molar-refractivity contribution >= 4 is 103 Å². The van der Waals surface area contributed by atoms with Crippen LogP contribution in [0.15, 0.2) is 364 Å². The molecule has 0 bridgehead atoms. The summed E-state index contributed by atoms with van der Waals surface area (Å²) < 4.78 is 39.0. The molecule has 2 radical (unpaired) electrons. The third-order valence-corrected chi connectivity index (χ3v) is 21.9. The zero-order valence-corrected chi connectivity index (χ0v) is 59.7. The van der Waals surface area contributed by atoms with Gasteiger partial charge in [-0.15, -0.1) is 0 Å². The van der Waals surface area contributed by atoms with Crippen LogP contribution >= 0.6 is 31.7 Å². The molecular formula is C74H65Au4BF4P4. The van der Waals surface area contributed by atoms with Crippen molar-refractivity contribution in [1.29, 1.82) is 0 Å². The van der Waals surface area contributed by atoms with Crippen molar-refractivity contribution in [3.63, 3.8) is 0 Å². The standard InChI is InChI=1S/4C18H15P.C2H5.4Au.BF4/c4*1-4-10-16(11-5-1)19(17-12-6-2-7-13-17)18-14-8-3-9-15-18;1-2;;;;;2-1(3,4)5/h4*1-15H;1H2,2H3;;;;;/q;;;;-1;;;2*+1;-1. The molecule has 456 valence electrons. The van der Waals surface area contributed by atoms with Gasteiger partial charge in [-0.2, -0.15) is 6.92 Å². The molecule has 0 nitrogen and oxygen atoms in total. The first-order valence-electron chi connectivity index (χ1n) is 27.2. The molecule has 0 fully saturated rings. The Bertz CT molecular complexity index is 2720. The molecule has 0 aliphatic heterocycles. The predicted octanol–water partition coefficient (Wildman–Crippen LogP) is 15.9. The minimum Gasteiger partial charge on any atom is -0.418 e. The molecule has 0 spiro atoms. The van der Waals surface area contributed by atoms with E-state index in [1.54, 1.807) is 6.92 Å². The molecule has 0 aliphatic rings. The summed E-state index contributed by atoms with van der Waals surface area (Å²) in [6, 6.07) is 129. The summed E-state index contributed by atoms with van der Waals surface area (Å²) in [5.41, 5.74) is 0. The van der Waals surface area contributed by atoms with Gasteiger partial charge in [0.2, 0.25) is 0 Å². The van der Waals surface area contributed by atoms with Crippen molar-refractivity contribution in [1.82, 2.24) is 0 Å². The van der Waals surface area contributed by atoms with Crippen molar-refractivity contribution in [3.05, 3.63) is 371 Å². The molecule has 12 aromatic rings. The van der Waals surface area contributed by atoms with Crippen LogP contribution in [-0.2, 0) is 89.5 Å². The fourth-order valence-electron chi connectivity index (χ4n) is 8.71. The molecule has 0 unspecified atom stereocenters. The second-order valence-corrected chi connectivity index (χ2v) is 26.7. The Morgan fingerprint density at radius 2 is 0.241 bits per heavy atom. The predicted molar refractivity (Wildman–Crippen MR) is 362 cm³/mol. The van der Waals surface area contributed by atoms with Crippen LogP contribution in [-0.4, -0.2) is 7.25 Å². The van der Waals surface area contributed by atoms with Crippen LogP contribution < -0.4 is 63.7 Å². The van der Waals surface area contributed by atoms with Crippen molar-refractivity contribution in [2.24, 2.45) is 0 Å². The Balaban J connectivity index is 0.000000288. The van der Waals surface area contributed by atoms with E-state index in [1.165, 1.54) is 63.7 Å². The molecule has 0 aromatic heterocycles. The van der Waals surface area contributed by atoms with Crippen molar-refractivity contribution in [2.75, 3.05) is 0 Å². The first-order valence-corrected chi connectivity index (χ1v) is 32.6. The minimum atomic E-state index is -6.00. The SMILES string of the molecule is F[B-](F)(F)F.[Au+].[Au+].[Au].[Au].[CH2-]C.c1ccc(P(c2ccccc2)c2ccccc2)cc1.c1ccc(P(c2ccccc2)c2ccccc2)cc1.c1ccc(P(c2ccccc2)c2ccccc2)cc1.c1ccc(P(c2ccccc2)c2ccccc2)cc1. The number of hydrogen-bond donors (Lipinski definition) is 0. The van der Waals surface area contributed by atoms with Crippen LogP contribution in [0.1, 0.15) is 6.92 Å². The zero-order chi connectivity index (χ0) is 58.2. The Labute approximate surface area is 581 Å². The van der Waals surface area contributed by atoms with Crippen LogP contribution in [0.4, 0.5) is 17.3 Å². The Morgan fingerprint density at radius 3 is 0.299 bits per heavy atom. The summed E-state index contributed by atoms with van der Waals surface area (Å²) in [7, 11) is -7.78. The summed E-state index contributed by atoms with van der Waals surface area (Å²) in [6.45, 7) is 5.00. The van der Waals surface area contributed by atoms with Gasteiger partial charge in [0.25, 0.3) is 0 Å². The maximum atomic E-state index is 9.75. The van der Waals surface area contributed by atoms with E-state index < -0.39 is 38.9 Å². The molecule has 87 heavy (non-hydrogen) atoms. The number of benzene rings is 12. The Hall–Kier alpha value is -4.89. The Kier molecular flexibility index (Phi) is 38.4. The smallest absolute Gasteiger partial charge is 0.418 e. The van der Waals surface area contributed by atoms with Gasteiger partial charge in [0.1, 0.15) is 0 Å². The fourth-order valence-corrected chi connectivity index (χ4v) is 17.9. The molecule has 0 heterocycles. The second kappa shape index (κ2) is 43.7. The summed E-state index contributed by atoms with van der Waals surface area (Å²) >= 11 is 0. The van der Waals surface area contributed by atoms with Crippen molar-refractivity contribution in [3.8, 4) is 0 Å². The van der Waals surface area contributed by atoms with Crippen molar-refractivity contribution < 1.29 is 107 Å². The normalized spacial score (nSPS) is 10.0. The van der Waals surface area contributed by atoms with Crippen LogP contribution in [0, 0.1) is 6.92 Å².